The Bertz CT molecular complexity index is 1180. The van der Waals surface area contributed by atoms with Gasteiger partial charge in [0, 0.05) is 29.5 Å². The van der Waals surface area contributed by atoms with E-state index < -0.39 is 6.04 Å². The summed E-state index contributed by atoms with van der Waals surface area (Å²) in [5.41, 5.74) is 9.07. The molecule has 0 radical (unpaired) electrons. The van der Waals surface area contributed by atoms with Crippen LogP contribution in [0.4, 0.5) is 0 Å². The standard InChI is InChI=1S/C24H23N5O2/c1-17-16-21(18(2)29(17)20-12-7-4-8-13-20)23(30)26-27-24(31)22(28-15-9-14-25-28)19-10-5-3-6-11-19/h3-16,22H,1-2H3,(H,26,30)(H,27,31). The number of rotatable bonds is 5. The van der Waals surface area contributed by atoms with Crippen LogP contribution in [-0.4, -0.2) is 26.2 Å². The van der Waals surface area contributed by atoms with Crippen LogP contribution in [0.25, 0.3) is 5.69 Å². The smallest absolute Gasteiger partial charge is 0.271 e. The molecule has 0 spiro atoms. The fourth-order valence-electron chi connectivity index (χ4n) is 3.71. The largest absolute Gasteiger partial charge is 0.318 e. The zero-order valence-electron chi connectivity index (χ0n) is 17.3. The van der Waals surface area contributed by atoms with E-state index in [4.69, 9.17) is 0 Å². The van der Waals surface area contributed by atoms with E-state index >= 15 is 0 Å². The minimum absolute atomic E-state index is 0.379. The lowest BCUT2D eigenvalue weighted by molar-refractivity contribution is -0.124. The average molecular weight is 413 g/mol. The van der Waals surface area contributed by atoms with E-state index in [2.05, 4.69) is 16.0 Å². The van der Waals surface area contributed by atoms with Gasteiger partial charge in [0.15, 0.2) is 6.04 Å². The van der Waals surface area contributed by atoms with Crippen molar-refractivity contribution in [3.05, 3.63) is 108 Å². The summed E-state index contributed by atoms with van der Waals surface area (Å²) in [6.07, 6.45) is 3.33. The monoisotopic (exact) mass is 413 g/mol. The molecule has 0 aliphatic rings. The molecule has 31 heavy (non-hydrogen) atoms. The number of amides is 2. The molecule has 0 saturated carbocycles. The summed E-state index contributed by atoms with van der Waals surface area (Å²) in [5.74, 6) is -0.768. The highest BCUT2D eigenvalue weighted by molar-refractivity contribution is 5.97. The summed E-state index contributed by atoms with van der Waals surface area (Å²) < 4.78 is 3.56. The number of aromatic nitrogens is 3. The summed E-state index contributed by atoms with van der Waals surface area (Å²) in [6, 6.07) is 22.0. The molecular formula is C24H23N5O2. The van der Waals surface area contributed by atoms with Crippen molar-refractivity contribution in [3.8, 4) is 5.69 Å². The Hall–Kier alpha value is -4.13. The maximum absolute atomic E-state index is 13.0. The number of nitrogens with zero attached hydrogens (tertiary/aromatic N) is 3. The van der Waals surface area contributed by atoms with Crippen LogP contribution in [0.3, 0.4) is 0 Å². The van der Waals surface area contributed by atoms with Gasteiger partial charge in [0.25, 0.3) is 11.8 Å². The highest BCUT2D eigenvalue weighted by Crippen LogP contribution is 2.21. The van der Waals surface area contributed by atoms with Crippen LogP contribution in [-0.2, 0) is 4.79 Å². The van der Waals surface area contributed by atoms with E-state index in [9.17, 15) is 9.59 Å². The van der Waals surface area contributed by atoms with Gasteiger partial charge in [-0.25, -0.2) is 0 Å². The van der Waals surface area contributed by atoms with Gasteiger partial charge in [0.1, 0.15) is 0 Å². The normalized spacial score (nSPS) is 11.7. The van der Waals surface area contributed by atoms with E-state index in [0.717, 1.165) is 22.6 Å². The third-order valence-corrected chi connectivity index (χ3v) is 5.14. The molecule has 2 aromatic carbocycles. The van der Waals surface area contributed by atoms with Crippen LogP contribution in [0.15, 0.2) is 85.2 Å². The van der Waals surface area contributed by atoms with Gasteiger partial charge in [-0.15, -0.1) is 0 Å². The highest BCUT2D eigenvalue weighted by atomic mass is 16.2. The Morgan fingerprint density at radius 2 is 1.58 bits per heavy atom. The molecule has 4 rings (SSSR count). The Morgan fingerprint density at radius 3 is 2.23 bits per heavy atom. The van der Waals surface area contributed by atoms with Gasteiger partial charge >= 0.3 is 0 Å². The molecule has 2 amide bonds. The van der Waals surface area contributed by atoms with Crippen molar-refractivity contribution in [1.29, 1.82) is 0 Å². The average Bonchev–Trinajstić information content (AvgIpc) is 3.41. The van der Waals surface area contributed by atoms with Crippen molar-refractivity contribution in [2.75, 3.05) is 0 Å². The number of hydrogen-bond donors (Lipinski definition) is 2. The third kappa shape index (κ3) is 4.11. The van der Waals surface area contributed by atoms with E-state index in [1.807, 2.05) is 85.1 Å². The quantitative estimate of drug-likeness (QED) is 0.493. The zero-order valence-corrected chi connectivity index (χ0v) is 17.3. The Labute approximate surface area is 180 Å². The van der Waals surface area contributed by atoms with Crippen LogP contribution in [0, 0.1) is 13.8 Å². The molecule has 0 fully saturated rings. The minimum atomic E-state index is -0.701. The first-order valence-electron chi connectivity index (χ1n) is 9.95. The van der Waals surface area contributed by atoms with E-state index in [1.54, 1.807) is 23.1 Å². The molecule has 1 atom stereocenters. The van der Waals surface area contributed by atoms with Crippen LogP contribution >= 0.6 is 0 Å². The first-order chi connectivity index (χ1) is 15.1. The van der Waals surface area contributed by atoms with Crippen LogP contribution in [0.2, 0.25) is 0 Å². The third-order valence-electron chi connectivity index (χ3n) is 5.14. The van der Waals surface area contributed by atoms with Gasteiger partial charge in [0.2, 0.25) is 0 Å². The maximum Gasteiger partial charge on any atom is 0.271 e. The molecule has 4 aromatic rings. The second kappa shape index (κ2) is 8.71. The Morgan fingerprint density at radius 1 is 0.903 bits per heavy atom. The topological polar surface area (TPSA) is 81.0 Å². The van der Waals surface area contributed by atoms with E-state index in [1.165, 1.54) is 0 Å². The number of carbonyl (C=O) groups is 2. The molecule has 2 heterocycles. The summed E-state index contributed by atoms with van der Waals surface area (Å²) in [5, 5.41) is 4.20. The molecule has 7 nitrogen and oxygen atoms in total. The summed E-state index contributed by atoms with van der Waals surface area (Å²) in [6.45, 7) is 3.83. The van der Waals surface area contributed by atoms with E-state index in [-0.39, 0.29) is 11.8 Å². The fraction of sp³-hybridized carbons (Fsp3) is 0.125. The Kier molecular flexibility index (Phi) is 5.66. The van der Waals surface area contributed by atoms with Gasteiger partial charge < -0.3 is 4.57 Å². The number of carbonyl (C=O) groups excluding carboxylic acids is 2. The van der Waals surface area contributed by atoms with Crippen LogP contribution < -0.4 is 10.9 Å². The SMILES string of the molecule is Cc1cc(C(=O)NNC(=O)C(c2ccccc2)n2cccn2)c(C)n1-c1ccccc1. The lowest BCUT2D eigenvalue weighted by Crippen LogP contribution is -2.45. The zero-order chi connectivity index (χ0) is 21.8. The van der Waals surface area contributed by atoms with Crippen molar-refractivity contribution >= 4 is 11.8 Å². The second-order valence-corrected chi connectivity index (χ2v) is 7.20. The number of aryl methyl sites for hydroxylation is 1. The van der Waals surface area contributed by atoms with Crippen LogP contribution in [0.5, 0.6) is 0 Å². The molecule has 0 aliphatic carbocycles. The molecule has 0 bridgehead atoms. The van der Waals surface area contributed by atoms with Gasteiger partial charge in [-0.1, -0.05) is 48.5 Å². The molecular weight excluding hydrogens is 390 g/mol. The maximum atomic E-state index is 13.0. The minimum Gasteiger partial charge on any atom is -0.318 e. The number of nitrogens with one attached hydrogen (secondary N) is 2. The first-order valence-corrected chi connectivity index (χ1v) is 9.95. The molecule has 2 aromatic heterocycles. The van der Waals surface area contributed by atoms with Crippen molar-refractivity contribution in [2.45, 2.75) is 19.9 Å². The lowest BCUT2D eigenvalue weighted by atomic mass is 10.1. The Balaban J connectivity index is 1.53. The molecule has 7 heteroatoms. The summed E-state index contributed by atoms with van der Waals surface area (Å²) in [7, 11) is 0. The van der Waals surface area contributed by atoms with Crippen LogP contribution in [0.1, 0.15) is 33.4 Å². The molecule has 156 valence electrons. The van der Waals surface area contributed by atoms with Crippen molar-refractivity contribution in [3.63, 3.8) is 0 Å². The lowest BCUT2D eigenvalue weighted by Gasteiger charge is -2.18. The molecule has 1 unspecified atom stereocenters. The summed E-state index contributed by atoms with van der Waals surface area (Å²) >= 11 is 0. The number of hydrazine groups is 1. The molecule has 0 saturated heterocycles. The van der Waals surface area contributed by atoms with Gasteiger partial charge in [-0.05, 0) is 43.7 Å². The van der Waals surface area contributed by atoms with Crippen molar-refractivity contribution in [1.82, 2.24) is 25.2 Å². The number of benzene rings is 2. The van der Waals surface area contributed by atoms with Crippen molar-refractivity contribution in [2.24, 2.45) is 0 Å². The predicted octanol–water partition coefficient (Wildman–Crippen LogP) is 3.34. The highest BCUT2D eigenvalue weighted by Gasteiger charge is 2.24. The predicted molar refractivity (Wildman–Crippen MR) is 118 cm³/mol. The molecule has 2 N–H and O–H groups in total. The van der Waals surface area contributed by atoms with Crippen molar-refractivity contribution < 1.29 is 9.59 Å². The van der Waals surface area contributed by atoms with E-state index in [0.29, 0.717) is 5.56 Å². The fourth-order valence-corrected chi connectivity index (χ4v) is 3.71. The number of hydrogen-bond acceptors (Lipinski definition) is 3. The second-order valence-electron chi connectivity index (χ2n) is 7.20. The number of para-hydroxylation sites is 1. The first kappa shape index (κ1) is 20.2. The van der Waals surface area contributed by atoms with Gasteiger partial charge in [0.05, 0.1) is 5.56 Å². The van der Waals surface area contributed by atoms with Gasteiger partial charge in [-0.3, -0.25) is 25.1 Å². The molecule has 0 aliphatic heterocycles. The van der Waals surface area contributed by atoms with Gasteiger partial charge in [-0.2, -0.15) is 5.10 Å². The summed E-state index contributed by atoms with van der Waals surface area (Å²) in [4.78, 5) is 25.8.